The topological polar surface area (TPSA) is 102 Å². The monoisotopic (exact) mass is 528 g/mol. The van der Waals surface area contributed by atoms with E-state index in [0.717, 1.165) is 25.7 Å². The van der Waals surface area contributed by atoms with Crippen LogP contribution in [0.5, 0.6) is 0 Å². The van der Waals surface area contributed by atoms with Gasteiger partial charge in [0.05, 0.1) is 22.0 Å². The summed E-state index contributed by atoms with van der Waals surface area (Å²) in [4.78, 5) is 0.0110. The normalized spacial score (nSPS) is 21.4. The van der Waals surface area contributed by atoms with Crippen LogP contribution in [0.2, 0.25) is 5.02 Å². The van der Waals surface area contributed by atoms with E-state index < -0.39 is 20.0 Å². The third kappa shape index (κ3) is 6.17. The molecule has 186 valence electrons. The van der Waals surface area contributed by atoms with Gasteiger partial charge in [0, 0.05) is 37.9 Å². The van der Waals surface area contributed by atoms with E-state index in [0.29, 0.717) is 23.8 Å². The second kappa shape index (κ2) is 11.0. The average molecular weight is 529 g/mol. The fourth-order valence-corrected chi connectivity index (χ4v) is 6.82. The zero-order chi connectivity index (χ0) is 24.2. The van der Waals surface area contributed by atoms with E-state index in [1.807, 2.05) is 0 Å². The number of nitrogens with zero attached hydrogens (tertiary/aromatic N) is 1. The molecule has 0 aliphatic carbocycles. The highest BCUT2D eigenvalue weighted by Crippen LogP contribution is 2.26. The van der Waals surface area contributed by atoms with Crippen LogP contribution in [0.4, 0.5) is 0 Å². The summed E-state index contributed by atoms with van der Waals surface area (Å²) in [5, 5.41) is 0.480. The Kier molecular flexibility index (Phi) is 8.29. The molecule has 1 N–H and O–H groups in total. The van der Waals surface area contributed by atoms with E-state index in [9.17, 15) is 16.8 Å². The molecule has 8 nitrogen and oxygen atoms in total. The zero-order valence-electron chi connectivity index (χ0n) is 18.7. The van der Waals surface area contributed by atoms with Crippen LogP contribution in [0, 0.1) is 0 Å². The average Bonchev–Trinajstić information content (AvgIpc) is 3.53. The lowest BCUT2D eigenvalue weighted by Crippen LogP contribution is -2.37. The van der Waals surface area contributed by atoms with Gasteiger partial charge in [-0.05, 0) is 61.6 Å². The molecule has 2 aromatic rings. The molecule has 0 saturated carbocycles. The van der Waals surface area contributed by atoms with Crippen molar-refractivity contribution in [3.8, 4) is 0 Å². The predicted octanol–water partition coefficient (Wildman–Crippen LogP) is 3.17. The van der Waals surface area contributed by atoms with Crippen LogP contribution >= 0.6 is 11.6 Å². The molecule has 0 bridgehead atoms. The molecule has 0 spiro atoms. The largest absolute Gasteiger partial charge is 0.377 e. The maximum atomic E-state index is 13.5. The van der Waals surface area contributed by atoms with Gasteiger partial charge in [0.1, 0.15) is 0 Å². The number of ether oxygens (including phenoxy) is 2. The van der Waals surface area contributed by atoms with Gasteiger partial charge >= 0.3 is 0 Å². The van der Waals surface area contributed by atoms with E-state index in [4.69, 9.17) is 21.1 Å². The number of nitrogens with one attached hydrogen (secondary N) is 1. The van der Waals surface area contributed by atoms with Crippen LogP contribution in [0.25, 0.3) is 0 Å². The molecule has 0 unspecified atom stereocenters. The second-order valence-electron chi connectivity index (χ2n) is 8.48. The summed E-state index contributed by atoms with van der Waals surface area (Å²) in [6.45, 7) is 1.71. The molecule has 11 heteroatoms. The first kappa shape index (κ1) is 25.6. The molecule has 0 aromatic heterocycles. The highest BCUT2D eigenvalue weighted by molar-refractivity contribution is 7.89. The standard InChI is InChI=1S/C23H29ClN2O6S2/c24-23-8-2-1-5-18(23)16-26(17-20-7-4-14-32-20)34(29,30)22-11-9-21(10-12-22)33(27,28)25-15-19-6-3-13-31-19/h1-2,5,8-12,19-20,25H,3-4,6-7,13-17H2/t19-,20-/m0/s1. The van der Waals surface area contributed by atoms with Crippen LogP contribution in [0.15, 0.2) is 58.3 Å². The SMILES string of the molecule is O=S(=O)(NC[C@@H]1CCCO1)c1ccc(S(=O)(=O)N(Cc2ccccc2Cl)C[C@@H]2CCCO2)cc1. The number of benzene rings is 2. The molecule has 0 radical (unpaired) electrons. The third-order valence-corrected chi connectivity index (χ3v) is 9.67. The van der Waals surface area contributed by atoms with Crippen LogP contribution in [-0.4, -0.2) is 59.7 Å². The van der Waals surface area contributed by atoms with Gasteiger partial charge in [0.2, 0.25) is 20.0 Å². The van der Waals surface area contributed by atoms with E-state index in [2.05, 4.69) is 4.72 Å². The van der Waals surface area contributed by atoms with Crippen molar-refractivity contribution < 1.29 is 26.3 Å². The van der Waals surface area contributed by atoms with Crippen LogP contribution in [-0.2, 0) is 36.1 Å². The Balaban J connectivity index is 1.53. The second-order valence-corrected chi connectivity index (χ2v) is 12.6. The van der Waals surface area contributed by atoms with E-state index in [1.54, 1.807) is 24.3 Å². The fourth-order valence-electron chi connectivity index (χ4n) is 4.11. The molecule has 2 aliphatic heterocycles. The molecule has 0 amide bonds. The summed E-state index contributed by atoms with van der Waals surface area (Å²) in [6.07, 6.45) is 3.06. The van der Waals surface area contributed by atoms with Crippen molar-refractivity contribution in [3.05, 3.63) is 59.1 Å². The lowest BCUT2D eigenvalue weighted by Gasteiger charge is -2.25. The minimum absolute atomic E-state index is 0.00114. The molecule has 4 rings (SSSR count). The van der Waals surface area contributed by atoms with Gasteiger partial charge in [-0.15, -0.1) is 0 Å². The highest BCUT2D eigenvalue weighted by atomic mass is 35.5. The Labute approximate surface area is 206 Å². The fraction of sp³-hybridized carbons (Fsp3) is 0.478. The number of hydrogen-bond acceptors (Lipinski definition) is 6. The van der Waals surface area contributed by atoms with Crippen molar-refractivity contribution in [1.82, 2.24) is 9.03 Å². The Hall–Kier alpha value is -1.53. The van der Waals surface area contributed by atoms with Crippen molar-refractivity contribution in [3.63, 3.8) is 0 Å². The van der Waals surface area contributed by atoms with Gasteiger partial charge in [0.25, 0.3) is 0 Å². The van der Waals surface area contributed by atoms with E-state index in [-0.39, 0.29) is 41.6 Å². The number of rotatable bonds is 10. The van der Waals surface area contributed by atoms with Crippen LogP contribution in [0.1, 0.15) is 31.2 Å². The number of hydrogen-bond donors (Lipinski definition) is 1. The zero-order valence-corrected chi connectivity index (χ0v) is 21.1. The molecule has 2 heterocycles. The van der Waals surface area contributed by atoms with Crippen molar-refractivity contribution in [2.24, 2.45) is 0 Å². The van der Waals surface area contributed by atoms with E-state index in [1.165, 1.54) is 28.6 Å². The molecular formula is C23H29ClN2O6S2. The van der Waals surface area contributed by atoms with Gasteiger partial charge in [-0.25, -0.2) is 21.6 Å². The maximum absolute atomic E-state index is 13.5. The quantitative estimate of drug-likeness (QED) is 0.508. The van der Waals surface area contributed by atoms with Gasteiger partial charge in [0.15, 0.2) is 0 Å². The van der Waals surface area contributed by atoms with Gasteiger partial charge in [-0.1, -0.05) is 29.8 Å². The summed E-state index contributed by atoms with van der Waals surface area (Å²) < 4.78 is 67.4. The van der Waals surface area contributed by atoms with Gasteiger partial charge in [-0.2, -0.15) is 4.31 Å². The maximum Gasteiger partial charge on any atom is 0.243 e. The molecule has 34 heavy (non-hydrogen) atoms. The van der Waals surface area contributed by atoms with Crippen molar-refractivity contribution in [2.75, 3.05) is 26.3 Å². The Morgan fingerprint density at radius 1 is 0.882 bits per heavy atom. The molecule has 2 saturated heterocycles. The lowest BCUT2D eigenvalue weighted by atomic mass is 10.2. The van der Waals surface area contributed by atoms with Crippen LogP contribution in [0.3, 0.4) is 0 Å². The lowest BCUT2D eigenvalue weighted by molar-refractivity contribution is 0.0926. The molecular weight excluding hydrogens is 500 g/mol. The van der Waals surface area contributed by atoms with Gasteiger partial charge in [-0.3, -0.25) is 0 Å². The summed E-state index contributed by atoms with van der Waals surface area (Å²) in [5.41, 5.74) is 0.684. The Morgan fingerprint density at radius 2 is 1.50 bits per heavy atom. The summed E-state index contributed by atoms with van der Waals surface area (Å²) >= 11 is 6.29. The smallest absolute Gasteiger partial charge is 0.243 e. The van der Waals surface area contributed by atoms with Crippen molar-refractivity contribution >= 4 is 31.6 Å². The highest BCUT2D eigenvalue weighted by Gasteiger charge is 2.30. The first-order chi connectivity index (χ1) is 16.3. The molecule has 2 fully saturated rings. The summed E-state index contributed by atoms with van der Waals surface area (Å²) in [6, 6.07) is 12.4. The Bertz CT molecular complexity index is 1180. The Morgan fingerprint density at radius 3 is 2.12 bits per heavy atom. The number of halogens is 1. The number of sulfonamides is 2. The van der Waals surface area contributed by atoms with Crippen LogP contribution < -0.4 is 4.72 Å². The minimum Gasteiger partial charge on any atom is -0.377 e. The van der Waals surface area contributed by atoms with Gasteiger partial charge < -0.3 is 9.47 Å². The minimum atomic E-state index is -3.93. The third-order valence-electron chi connectivity index (χ3n) is 6.03. The van der Waals surface area contributed by atoms with E-state index >= 15 is 0 Å². The van der Waals surface area contributed by atoms with Crippen molar-refractivity contribution in [1.29, 1.82) is 0 Å². The first-order valence-electron chi connectivity index (χ1n) is 11.3. The molecule has 2 atom stereocenters. The molecule has 2 aromatic carbocycles. The first-order valence-corrected chi connectivity index (χ1v) is 14.6. The summed E-state index contributed by atoms with van der Waals surface area (Å²) in [7, 11) is -7.71. The molecule has 2 aliphatic rings. The summed E-state index contributed by atoms with van der Waals surface area (Å²) in [5.74, 6) is 0. The predicted molar refractivity (Wildman–Crippen MR) is 129 cm³/mol. The van der Waals surface area contributed by atoms with Crippen molar-refractivity contribution in [2.45, 2.75) is 54.2 Å².